The zero-order chi connectivity index (χ0) is 22.2. The number of anilines is 2. The van der Waals surface area contributed by atoms with Crippen molar-refractivity contribution in [1.29, 1.82) is 0 Å². The number of nitrogens with zero attached hydrogens (tertiary/aromatic N) is 4. The SMILES string of the molecule is COc1cc2nc(N3CCCN(C4=CC(=O)CC(C)(C)C4)CC3)nc(N)c2cc1OC. The second-order valence-corrected chi connectivity index (χ2v) is 9.08. The molecular formula is C23H31N5O3. The molecule has 1 fully saturated rings. The molecule has 0 amide bonds. The number of carbonyl (C=O) groups excluding carboxylic acids is 1. The summed E-state index contributed by atoms with van der Waals surface area (Å²) in [6.07, 6.45) is 4.35. The Bertz CT molecular complexity index is 1030. The average molecular weight is 426 g/mol. The van der Waals surface area contributed by atoms with Crippen LogP contribution in [0.4, 0.5) is 11.8 Å². The standard InChI is InChI=1S/C23H31N5O3/c1-23(2)13-15(10-16(29)14-23)27-6-5-7-28(9-8-27)22-25-18-12-20(31-4)19(30-3)11-17(18)21(24)26-22/h10-12H,5-9,13-14H2,1-4H3,(H2,24,25,26). The fourth-order valence-electron chi connectivity index (χ4n) is 4.53. The molecule has 1 aliphatic carbocycles. The van der Waals surface area contributed by atoms with Crippen LogP contribution in [0.5, 0.6) is 11.5 Å². The highest BCUT2D eigenvalue weighted by Gasteiger charge is 2.30. The van der Waals surface area contributed by atoms with E-state index in [0.717, 1.165) is 55.6 Å². The van der Waals surface area contributed by atoms with Gasteiger partial charge in [0.25, 0.3) is 0 Å². The third-order valence-corrected chi connectivity index (χ3v) is 6.04. The van der Waals surface area contributed by atoms with Crippen molar-refractivity contribution < 1.29 is 14.3 Å². The normalized spacial score (nSPS) is 19.2. The number of allylic oxidation sites excluding steroid dienone is 2. The van der Waals surface area contributed by atoms with Gasteiger partial charge in [-0.25, -0.2) is 4.98 Å². The molecule has 1 aliphatic heterocycles. The minimum atomic E-state index is 0.0170. The lowest BCUT2D eigenvalue weighted by Gasteiger charge is -2.35. The van der Waals surface area contributed by atoms with E-state index in [1.165, 1.54) is 0 Å². The van der Waals surface area contributed by atoms with Crippen LogP contribution in [-0.2, 0) is 4.79 Å². The first-order valence-corrected chi connectivity index (χ1v) is 10.7. The van der Waals surface area contributed by atoms with E-state index in [0.29, 0.717) is 29.7 Å². The second-order valence-electron chi connectivity index (χ2n) is 9.08. The molecule has 1 aromatic carbocycles. The molecule has 0 unspecified atom stereocenters. The molecule has 0 spiro atoms. The quantitative estimate of drug-likeness (QED) is 0.799. The van der Waals surface area contributed by atoms with E-state index in [-0.39, 0.29) is 11.2 Å². The molecule has 2 heterocycles. The van der Waals surface area contributed by atoms with Gasteiger partial charge < -0.3 is 25.0 Å². The number of aromatic nitrogens is 2. The number of hydrogen-bond acceptors (Lipinski definition) is 8. The van der Waals surface area contributed by atoms with E-state index in [1.54, 1.807) is 14.2 Å². The van der Waals surface area contributed by atoms with Gasteiger partial charge in [0.15, 0.2) is 17.3 Å². The van der Waals surface area contributed by atoms with Crippen molar-refractivity contribution in [2.24, 2.45) is 5.41 Å². The number of hydrogen-bond donors (Lipinski definition) is 1. The van der Waals surface area contributed by atoms with Gasteiger partial charge in [0.1, 0.15) is 5.82 Å². The monoisotopic (exact) mass is 425 g/mol. The lowest BCUT2D eigenvalue weighted by atomic mass is 9.78. The van der Waals surface area contributed by atoms with Crippen LogP contribution in [0.1, 0.15) is 33.1 Å². The number of carbonyl (C=O) groups is 1. The fraction of sp³-hybridized carbons (Fsp3) is 0.522. The minimum Gasteiger partial charge on any atom is -0.493 e. The summed E-state index contributed by atoms with van der Waals surface area (Å²) in [4.78, 5) is 26.1. The summed E-state index contributed by atoms with van der Waals surface area (Å²) in [5, 5.41) is 0.742. The number of nitrogens with two attached hydrogens (primary N) is 1. The number of benzene rings is 1. The summed E-state index contributed by atoms with van der Waals surface area (Å²) >= 11 is 0. The van der Waals surface area contributed by atoms with Gasteiger partial charge in [0.05, 0.1) is 19.7 Å². The van der Waals surface area contributed by atoms with Gasteiger partial charge in [-0.05, 0) is 24.3 Å². The maximum Gasteiger partial charge on any atom is 0.227 e. The number of ether oxygens (including phenoxy) is 2. The molecule has 2 aromatic rings. The van der Waals surface area contributed by atoms with Crippen LogP contribution in [-0.4, -0.2) is 61.0 Å². The molecule has 0 atom stereocenters. The van der Waals surface area contributed by atoms with Gasteiger partial charge in [-0.15, -0.1) is 0 Å². The summed E-state index contributed by atoms with van der Waals surface area (Å²) in [7, 11) is 3.19. The Kier molecular flexibility index (Phi) is 5.64. The van der Waals surface area contributed by atoms with E-state index in [1.807, 2.05) is 18.2 Å². The largest absolute Gasteiger partial charge is 0.493 e. The first kappa shape index (κ1) is 21.2. The highest BCUT2D eigenvalue weighted by atomic mass is 16.5. The van der Waals surface area contributed by atoms with E-state index < -0.39 is 0 Å². The van der Waals surface area contributed by atoms with Crippen LogP contribution in [0.3, 0.4) is 0 Å². The molecule has 2 N–H and O–H groups in total. The van der Waals surface area contributed by atoms with Gasteiger partial charge in [-0.3, -0.25) is 4.79 Å². The third-order valence-electron chi connectivity index (χ3n) is 6.04. The van der Waals surface area contributed by atoms with Crippen molar-refractivity contribution in [2.45, 2.75) is 33.1 Å². The van der Waals surface area contributed by atoms with Crippen molar-refractivity contribution >= 4 is 28.5 Å². The molecule has 166 valence electrons. The number of fused-ring (bicyclic) bond motifs is 1. The topological polar surface area (TPSA) is 93.8 Å². The fourth-order valence-corrected chi connectivity index (χ4v) is 4.53. The van der Waals surface area contributed by atoms with Gasteiger partial charge in [0, 0.05) is 55.8 Å². The molecule has 0 bridgehead atoms. The van der Waals surface area contributed by atoms with Crippen LogP contribution in [0.25, 0.3) is 10.9 Å². The summed E-state index contributed by atoms with van der Waals surface area (Å²) in [5.74, 6) is 2.47. The summed E-state index contributed by atoms with van der Waals surface area (Å²) in [5.41, 5.74) is 8.17. The first-order valence-electron chi connectivity index (χ1n) is 10.7. The number of nitrogen functional groups attached to an aromatic ring is 1. The molecule has 8 heteroatoms. The summed E-state index contributed by atoms with van der Waals surface area (Å²) < 4.78 is 10.8. The van der Waals surface area contributed by atoms with E-state index >= 15 is 0 Å². The maximum atomic E-state index is 12.2. The Labute approximate surface area is 183 Å². The number of methoxy groups -OCH3 is 2. The lowest BCUT2D eigenvalue weighted by Crippen LogP contribution is -2.35. The molecule has 1 aromatic heterocycles. The van der Waals surface area contributed by atoms with E-state index in [2.05, 4.69) is 28.6 Å². The van der Waals surface area contributed by atoms with E-state index in [9.17, 15) is 4.79 Å². The Morgan fingerprint density at radius 2 is 1.65 bits per heavy atom. The van der Waals surface area contributed by atoms with Crippen molar-refractivity contribution in [2.75, 3.05) is 51.0 Å². The summed E-state index contributed by atoms with van der Waals surface area (Å²) in [6.45, 7) is 7.67. The Morgan fingerprint density at radius 3 is 2.35 bits per heavy atom. The number of rotatable bonds is 4. The predicted molar refractivity (Wildman–Crippen MR) is 122 cm³/mol. The Morgan fingerprint density at radius 1 is 0.968 bits per heavy atom. The third kappa shape index (κ3) is 4.38. The number of ketones is 1. The molecule has 8 nitrogen and oxygen atoms in total. The van der Waals surface area contributed by atoms with Gasteiger partial charge in [0.2, 0.25) is 5.95 Å². The summed E-state index contributed by atoms with van der Waals surface area (Å²) in [6, 6.07) is 3.64. The van der Waals surface area contributed by atoms with Crippen molar-refractivity contribution in [3.8, 4) is 11.5 Å². The van der Waals surface area contributed by atoms with Crippen molar-refractivity contribution in [3.05, 3.63) is 23.9 Å². The van der Waals surface area contributed by atoms with Gasteiger partial charge in [-0.1, -0.05) is 13.8 Å². The van der Waals surface area contributed by atoms with Crippen LogP contribution in [0, 0.1) is 5.41 Å². The first-order chi connectivity index (χ1) is 14.8. The van der Waals surface area contributed by atoms with Crippen LogP contribution in [0.2, 0.25) is 0 Å². The van der Waals surface area contributed by atoms with Crippen LogP contribution < -0.4 is 20.1 Å². The van der Waals surface area contributed by atoms with Gasteiger partial charge >= 0.3 is 0 Å². The Hall–Kier alpha value is -3.03. The molecular weight excluding hydrogens is 394 g/mol. The Balaban J connectivity index is 1.57. The van der Waals surface area contributed by atoms with Gasteiger partial charge in [-0.2, -0.15) is 4.98 Å². The average Bonchev–Trinajstić information content (AvgIpc) is 2.97. The molecule has 0 saturated carbocycles. The van der Waals surface area contributed by atoms with Crippen LogP contribution >= 0.6 is 0 Å². The highest BCUT2D eigenvalue weighted by Crippen LogP contribution is 2.36. The van der Waals surface area contributed by atoms with Crippen molar-refractivity contribution in [1.82, 2.24) is 14.9 Å². The molecule has 0 radical (unpaired) electrons. The molecule has 4 rings (SSSR count). The van der Waals surface area contributed by atoms with Crippen molar-refractivity contribution in [3.63, 3.8) is 0 Å². The second kappa shape index (κ2) is 8.24. The smallest absolute Gasteiger partial charge is 0.227 e. The predicted octanol–water partition coefficient (Wildman–Crippen LogP) is 3.01. The zero-order valence-corrected chi connectivity index (χ0v) is 18.8. The van der Waals surface area contributed by atoms with Crippen LogP contribution in [0.15, 0.2) is 23.9 Å². The zero-order valence-electron chi connectivity index (χ0n) is 18.8. The van der Waals surface area contributed by atoms with E-state index in [4.69, 9.17) is 20.2 Å². The highest BCUT2D eigenvalue weighted by molar-refractivity contribution is 5.92. The minimum absolute atomic E-state index is 0.0170. The molecule has 1 saturated heterocycles. The maximum absolute atomic E-state index is 12.2. The molecule has 31 heavy (non-hydrogen) atoms. The molecule has 2 aliphatic rings. The lowest BCUT2D eigenvalue weighted by molar-refractivity contribution is -0.117.